The zero-order valence-corrected chi connectivity index (χ0v) is 16.5. The molecule has 0 bridgehead atoms. The largest absolute Gasteiger partial charge is 0.494 e. The maximum absolute atomic E-state index is 13.1. The summed E-state index contributed by atoms with van der Waals surface area (Å²) in [4.78, 5) is 19.2. The van der Waals surface area contributed by atoms with Gasteiger partial charge in [0, 0.05) is 16.9 Å². The molecule has 0 saturated carbocycles. The van der Waals surface area contributed by atoms with Crippen LogP contribution in [0.15, 0.2) is 60.8 Å². The fraction of sp³-hybridized carbons (Fsp3) is 0.143. The normalized spacial score (nSPS) is 15.5. The number of halogens is 2. The molecule has 28 heavy (non-hydrogen) atoms. The number of anilines is 2. The molecule has 1 atom stereocenters. The maximum atomic E-state index is 13.1. The molecule has 4 rings (SSSR count). The molecule has 1 aromatic heterocycles. The Labute approximate surface area is 172 Å². The van der Waals surface area contributed by atoms with Crippen LogP contribution in [0.4, 0.5) is 11.4 Å². The fourth-order valence-corrected chi connectivity index (χ4v) is 3.67. The van der Waals surface area contributed by atoms with Crippen LogP contribution in [0.1, 0.15) is 29.1 Å². The van der Waals surface area contributed by atoms with Crippen LogP contribution in [0, 0.1) is 0 Å². The van der Waals surface area contributed by atoms with E-state index in [0.29, 0.717) is 33.6 Å². The lowest BCUT2D eigenvalue weighted by atomic mass is 10.2. The smallest absolute Gasteiger partial charge is 0.262 e. The first-order valence-corrected chi connectivity index (χ1v) is 9.57. The molecule has 5 nitrogen and oxygen atoms in total. The summed E-state index contributed by atoms with van der Waals surface area (Å²) in [6.07, 6.45) is 1.17. The molecule has 1 amide bonds. The molecule has 142 valence electrons. The number of hydrogen-bond acceptors (Lipinski definition) is 4. The third-order valence-corrected chi connectivity index (χ3v) is 5.00. The standard InChI is InChI=1S/C21H17Cl2N3O2/c1-2-28-15-8-6-14(7-9-15)26-20(19-16(21(26)27)4-3-11-24-19)25-18-10-5-13(22)12-17(18)23/h3-12,20,25H,2H2,1H3/t20-/m1/s1. The summed E-state index contributed by atoms with van der Waals surface area (Å²) in [5.41, 5.74) is 2.60. The SMILES string of the molecule is CCOc1ccc(N2C(=O)c3cccnc3[C@@H]2Nc2ccc(Cl)cc2Cl)cc1. The van der Waals surface area contributed by atoms with Gasteiger partial charge in [-0.15, -0.1) is 0 Å². The summed E-state index contributed by atoms with van der Waals surface area (Å²) in [7, 11) is 0. The number of benzene rings is 2. The number of nitrogens with zero attached hydrogens (tertiary/aromatic N) is 2. The van der Waals surface area contributed by atoms with Crippen molar-refractivity contribution in [1.29, 1.82) is 0 Å². The Morgan fingerprint density at radius 2 is 1.93 bits per heavy atom. The van der Waals surface area contributed by atoms with Gasteiger partial charge in [-0.3, -0.25) is 14.7 Å². The van der Waals surface area contributed by atoms with Crippen molar-refractivity contribution in [2.24, 2.45) is 0 Å². The van der Waals surface area contributed by atoms with E-state index >= 15 is 0 Å². The molecule has 0 radical (unpaired) electrons. The molecule has 1 aliphatic heterocycles. The molecule has 3 aromatic rings. The van der Waals surface area contributed by atoms with Crippen LogP contribution in [-0.2, 0) is 0 Å². The van der Waals surface area contributed by atoms with Gasteiger partial charge in [-0.1, -0.05) is 23.2 Å². The molecule has 1 N–H and O–H groups in total. The van der Waals surface area contributed by atoms with Crippen LogP contribution in [0.3, 0.4) is 0 Å². The van der Waals surface area contributed by atoms with E-state index < -0.39 is 6.17 Å². The average Bonchev–Trinajstić information content (AvgIpc) is 2.97. The van der Waals surface area contributed by atoms with Crippen molar-refractivity contribution >= 4 is 40.5 Å². The summed E-state index contributed by atoms with van der Waals surface area (Å²) < 4.78 is 5.50. The molecule has 1 aliphatic rings. The molecule has 0 spiro atoms. The quantitative estimate of drug-likeness (QED) is 0.594. The summed E-state index contributed by atoms with van der Waals surface area (Å²) >= 11 is 12.3. The summed E-state index contributed by atoms with van der Waals surface area (Å²) in [5.74, 6) is 0.619. The van der Waals surface area contributed by atoms with E-state index in [4.69, 9.17) is 27.9 Å². The van der Waals surface area contributed by atoms with E-state index in [0.717, 1.165) is 11.4 Å². The number of pyridine rings is 1. The molecule has 2 heterocycles. The Hall–Kier alpha value is -2.76. The number of aromatic nitrogens is 1. The summed E-state index contributed by atoms with van der Waals surface area (Å²) in [5, 5.41) is 4.34. The summed E-state index contributed by atoms with van der Waals surface area (Å²) in [6.45, 7) is 2.51. The van der Waals surface area contributed by atoms with E-state index in [1.165, 1.54) is 0 Å². The predicted molar refractivity (Wildman–Crippen MR) is 111 cm³/mol. The Morgan fingerprint density at radius 3 is 2.64 bits per heavy atom. The van der Waals surface area contributed by atoms with E-state index in [9.17, 15) is 4.79 Å². The molecule has 0 fully saturated rings. The van der Waals surface area contributed by atoms with Gasteiger partial charge in [-0.25, -0.2) is 0 Å². The summed E-state index contributed by atoms with van der Waals surface area (Å²) in [6, 6.07) is 16.1. The lowest BCUT2D eigenvalue weighted by Gasteiger charge is -2.27. The Balaban J connectivity index is 1.74. The topological polar surface area (TPSA) is 54.5 Å². The van der Waals surface area contributed by atoms with Gasteiger partial charge in [0.05, 0.1) is 28.6 Å². The maximum Gasteiger partial charge on any atom is 0.262 e. The number of ether oxygens (including phenoxy) is 1. The Bertz CT molecular complexity index is 1020. The van der Waals surface area contributed by atoms with Crippen molar-refractivity contribution in [3.8, 4) is 5.75 Å². The van der Waals surface area contributed by atoms with E-state index in [1.54, 1.807) is 41.4 Å². The Kier molecular flexibility index (Phi) is 5.11. The van der Waals surface area contributed by atoms with Crippen LogP contribution >= 0.6 is 23.2 Å². The minimum atomic E-state index is -0.500. The van der Waals surface area contributed by atoms with Crippen molar-refractivity contribution in [3.05, 3.63) is 82.1 Å². The van der Waals surface area contributed by atoms with Crippen LogP contribution in [0.5, 0.6) is 5.75 Å². The molecule has 7 heteroatoms. The van der Waals surface area contributed by atoms with Crippen molar-refractivity contribution in [3.63, 3.8) is 0 Å². The minimum absolute atomic E-state index is 0.130. The molecule has 0 unspecified atom stereocenters. The number of rotatable bonds is 5. The first kappa shape index (κ1) is 18.6. The van der Waals surface area contributed by atoms with Gasteiger partial charge in [0.2, 0.25) is 0 Å². The second-order valence-corrected chi connectivity index (χ2v) is 7.05. The first-order chi connectivity index (χ1) is 13.6. The molecule has 0 aliphatic carbocycles. The van der Waals surface area contributed by atoms with Crippen LogP contribution in [-0.4, -0.2) is 17.5 Å². The highest BCUT2D eigenvalue weighted by Crippen LogP contribution is 2.39. The van der Waals surface area contributed by atoms with Gasteiger partial charge in [0.15, 0.2) is 6.17 Å². The number of nitrogens with one attached hydrogen (secondary N) is 1. The molecular weight excluding hydrogens is 397 g/mol. The van der Waals surface area contributed by atoms with Gasteiger partial charge in [0.25, 0.3) is 5.91 Å². The van der Waals surface area contributed by atoms with E-state index in [2.05, 4.69) is 10.3 Å². The molecule has 2 aromatic carbocycles. The monoisotopic (exact) mass is 413 g/mol. The highest BCUT2D eigenvalue weighted by atomic mass is 35.5. The van der Waals surface area contributed by atoms with Crippen LogP contribution < -0.4 is 15.0 Å². The lowest BCUT2D eigenvalue weighted by Crippen LogP contribution is -2.32. The first-order valence-electron chi connectivity index (χ1n) is 8.81. The van der Waals surface area contributed by atoms with Gasteiger partial charge in [-0.2, -0.15) is 0 Å². The minimum Gasteiger partial charge on any atom is -0.494 e. The van der Waals surface area contributed by atoms with Gasteiger partial charge in [-0.05, 0) is 61.5 Å². The molecule has 0 saturated heterocycles. The second kappa shape index (κ2) is 7.70. The second-order valence-electron chi connectivity index (χ2n) is 6.21. The van der Waals surface area contributed by atoms with Gasteiger partial charge < -0.3 is 10.1 Å². The van der Waals surface area contributed by atoms with Gasteiger partial charge >= 0.3 is 0 Å². The van der Waals surface area contributed by atoms with E-state index in [-0.39, 0.29) is 5.91 Å². The number of hydrogen-bond donors (Lipinski definition) is 1. The Morgan fingerprint density at radius 1 is 1.14 bits per heavy atom. The van der Waals surface area contributed by atoms with Crippen molar-refractivity contribution in [1.82, 2.24) is 4.98 Å². The number of carbonyl (C=O) groups is 1. The van der Waals surface area contributed by atoms with Crippen LogP contribution in [0.25, 0.3) is 0 Å². The highest BCUT2D eigenvalue weighted by molar-refractivity contribution is 6.36. The fourth-order valence-electron chi connectivity index (χ4n) is 3.21. The van der Waals surface area contributed by atoms with Crippen molar-refractivity contribution in [2.75, 3.05) is 16.8 Å². The van der Waals surface area contributed by atoms with Crippen molar-refractivity contribution in [2.45, 2.75) is 13.1 Å². The van der Waals surface area contributed by atoms with Crippen LogP contribution in [0.2, 0.25) is 10.0 Å². The third kappa shape index (κ3) is 3.39. The number of amides is 1. The van der Waals surface area contributed by atoms with E-state index in [1.807, 2.05) is 31.2 Å². The zero-order chi connectivity index (χ0) is 19.7. The third-order valence-electron chi connectivity index (χ3n) is 4.45. The van der Waals surface area contributed by atoms with Gasteiger partial charge in [0.1, 0.15) is 5.75 Å². The lowest BCUT2D eigenvalue weighted by molar-refractivity contribution is 0.0993. The number of carbonyl (C=O) groups excluding carboxylic acids is 1. The van der Waals surface area contributed by atoms with Crippen molar-refractivity contribution < 1.29 is 9.53 Å². The average molecular weight is 414 g/mol. The zero-order valence-electron chi connectivity index (χ0n) is 15.0. The highest BCUT2D eigenvalue weighted by Gasteiger charge is 2.39. The molecular formula is C21H17Cl2N3O2. The number of fused-ring (bicyclic) bond motifs is 1. The predicted octanol–water partition coefficient (Wildman–Crippen LogP) is 5.56.